The molecule has 1 saturated carbocycles. The van der Waals surface area contributed by atoms with Crippen molar-refractivity contribution in [3.63, 3.8) is 0 Å². The van der Waals surface area contributed by atoms with Crippen molar-refractivity contribution in [2.75, 3.05) is 6.61 Å². The first-order valence-corrected chi connectivity index (χ1v) is 14.0. The molecule has 0 aromatic heterocycles. The van der Waals surface area contributed by atoms with Gasteiger partial charge in [0, 0.05) is 5.56 Å². The van der Waals surface area contributed by atoms with E-state index in [4.69, 9.17) is 4.74 Å². The van der Waals surface area contributed by atoms with E-state index in [1.54, 1.807) is 6.07 Å². The van der Waals surface area contributed by atoms with E-state index in [0.717, 1.165) is 19.3 Å². The highest BCUT2D eigenvalue weighted by atomic mass is 19.2. The van der Waals surface area contributed by atoms with Gasteiger partial charge < -0.3 is 4.74 Å². The van der Waals surface area contributed by atoms with Crippen LogP contribution in [0.15, 0.2) is 72.8 Å². The molecule has 4 rings (SSSR count). The molecule has 1 aliphatic carbocycles. The van der Waals surface area contributed by atoms with Crippen molar-refractivity contribution in [3.05, 3.63) is 101 Å². The van der Waals surface area contributed by atoms with Gasteiger partial charge in [0.05, 0.1) is 6.61 Å². The summed E-state index contributed by atoms with van der Waals surface area (Å²) < 4.78 is 34.2. The summed E-state index contributed by atoms with van der Waals surface area (Å²) in [7, 11) is 0. The monoisotopic (exact) mass is 502 g/mol. The van der Waals surface area contributed by atoms with Crippen LogP contribution in [0.2, 0.25) is 0 Å². The van der Waals surface area contributed by atoms with Gasteiger partial charge in [-0.25, -0.2) is 4.39 Å². The van der Waals surface area contributed by atoms with Crippen LogP contribution in [0, 0.1) is 17.6 Å². The number of allylic oxidation sites excluding steroid dienone is 2. The topological polar surface area (TPSA) is 9.23 Å². The zero-order chi connectivity index (χ0) is 26.0. The minimum atomic E-state index is -0.918. The van der Waals surface area contributed by atoms with Crippen LogP contribution in [-0.4, -0.2) is 6.61 Å². The lowest BCUT2D eigenvalue weighted by atomic mass is 9.78. The van der Waals surface area contributed by atoms with E-state index < -0.39 is 11.6 Å². The second-order valence-electron chi connectivity index (χ2n) is 10.4. The first-order chi connectivity index (χ1) is 18.1. The summed E-state index contributed by atoms with van der Waals surface area (Å²) in [6.07, 6.45) is 14.8. The number of rotatable bonds is 11. The fraction of sp³-hybridized carbons (Fsp3) is 0.412. The summed E-state index contributed by atoms with van der Waals surface area (Å²) in [4.78, 5) is 0. The van der Waals surface area contributed by atoms with Crippen LogP contribution >= 0.6 is 0 Å². The molecule has 0 radical (unpaired) electrons. The molecular formula is C34H40F2O. The lowest BCUT2D eigenvalue weighted by molar-refractivity contribution is 0.295. The maximum absolute atomic E-state index is 14.6. The standard InChI is InChI=1S/C34H40F2O/c1-3-7-25-10-16-28(17-11-25)29-18-12-26(13-19-29)8-5-6-9-27-14-20-30(21-15-27)31-22-23-32(37-24-4-2)34(36)33(31)35/h5,8,10-11,14-17,20-23,26,29H,3-4,6-7,9,12-13,18-19,24H2,1-2H3. The van der Waals surface area contributed by atoms with Gasteiger partial charge >= 0.3 is 0 Å². The number of hydrogen-bond acceptors (Lipinski definition) is 1. The maximum Gasteiger partial charge on any atom is 0.201 e. The molecule has 0 unspecified atom stereocenters. The molecule has 3 heteroatoms. The Balaban J connectivity index is 1.23. The van der Waals surface area contributed by atoms with Gasteiger partial charge in [-0.05, 0) is 97.6 Å². The normalized spacial score (nSPS) is 17.8. The van der Waals surface area contributed by atoms with Crippen molar-refractivity contribution in [3.8, 4) is 16.9 Å². The maximum atomic E-state index is 14.6. The van der Waals surface area contributed by atoms with E-state index in [-0.39, 0.29) is 11.3 Å². The quantitative estimate of drug-likeness (QED) is 0.237. The van der Waals surface area contributed by atoms with Gasteiger partial charge in [-0.15, -0.1) is 0 Å². The molecule has 1 fully saturated rings. The second kappa shape index (κ2) is 13.6. The Hall–Kier alpha value is -2.94. The van der Waals surface area contributed by atoms with Gasteiger partial charge in [-0.1, -0.05) is 81.0 Å². The Morgan fingerprint density at radius 3 is 2.11 bits per heavy atom. The fourth-order valence-electron chi connectivity index (χ4n) is 5.36. The average molecular weight is 503 g/mol. The van der Waals surface area contributed by atoms with E-state index in [0.29, 0.717) is 24.0 Å². The van der Waals surface area contributed by atoms with Crippen molar-refractivity contribution in [1.29, 1.82) is 0 Å². The van der Waals surface area contributed by atoms with Crippen LogP contribution in [-0.2, 0) is 12.8 Å². The Bertz CT molecular complexity index is 1140. The molecular weight excluding hydrogens is 462 g/mol. The zero-order valence-corrected chi connectivity index (χ0v) is 22.3. The van der Waals surface area contributed by atoms with E-state index in [2.05, 4.69) is 43.3 Å². The van der Waals surface area contributed by atoms with Crippen molar-refractivity contribution in [2.24, 2.45) is 5.92 Å². The van der Waals surface area contributed by atoms with Crippen LogP contribution < -0.4 is 4.74 Å². The lowest BCUT2D eigenvalue weighted by Crippen LogP contribution is -2.11. The van der Waals surface area contributed by atoms with Gasteiger partial charge in [-0.3, -0.25) is 0 Å². The smallest absolute Gasteiger partial charge is 0.201 e. The molecule has 196 valence electrons. The predicted octanol–water partition coefficient (Wildman–Crippen LogP) is 9.84. The van der Waals surface area contributed by atoms with Crippen molar-refractivity contribution < 1.29 is 13.5 Å². The van der Waals surface area contributed by atoms with Crippen molar-refractivity contribution in [1.82, 2.24) is 0 Å². The molecule has 0 heterocycles. The Morgan fingerprint density at radius 2 is 1.43 bits per heavy atom. The molecule has 0 saturated heterocycles. The van der Waals surface area contributed by atoms with Gasteiger partial charge in [0.2, 0.25) is 5.82 Å². The Labute approximate surface area is 221 Å². The third-order valence-corrected chi connectivity index (χ3v) is 7.54. The van der Waals surface area contributed by atoms with Crippen molar-refractivity contribution >= 4 is 0 Å². The number of benzene rings is 3. The largest absolute Gasteiger partial charge is 0.490 e. The van der Waals surface area contributed by atoms with E-state index in [9.17, 15) is 8.78 Å². The first kappa shape index (κ1) is 27.1. The first-order valence-electron chi connectivity index (χ1n) is 14.0. The van der Waals surface area contributed by atoms with Crippen LogP contribution in [0.1, 0.15) is 81.4 Å². The summed E-state index contributed by atoms with van der Waals surface area (Å²) in [6, 6.07) is 20.2. The Morgan fingerprint density at radius 1 is 0.757 bits per heavy atom. The summed E-state index contributed by atoms with van der Waals surface area (Å²) in [5.41, 5.74) is 5.10. The summed E-state index contributed by atoms with van der Waals surface area (Å²) in [5, 5.41) is 0. The fourth-order valence-corrected chi connectivity index (χ4v) is 5.36. The lowest BCUT2D eigenvalue weighted by Gasteiger charge is -2.27. The number of halogens is 2. The molecule has 0 amide bonds. The third kappa shape index (κ3) is 7.31. The van der Waals surface area contributed by atoms with Gasteiger partial charge in [-0.2, -0.15) is 4.39 Å². The molecule has 0 spiro atoms. The SMILES string of the molecule is CCCOc1ccc(-c2ccc(CCC=CC3CCC(c4ccc(CCC)cc4)CC3)cc2)c(F)c1F. The van der Waals surface area contributed by atoms with E-state index in [1.807, 2.05) is 31.2 Å². The Kier molecular flexibility index (Phi) is 9.93. The van der Waals surface area contributed by atoms with Crippen LogP contribution in [0.5, 0.6) is 5.75 Å². The number of ether oxygens (including phenoxy) is 1. The van der Waals surface area contributed by atoms with Crippen molar-refractivity contribution in [2.45, 2.75) is 77.6 Å². The minimum absolute atomic E-state index is 0.0268. The number of hydrogen-bond donors (Lipinski definition) is 0. The summed E-state index contributed by atoms with van der Waals surface area (Å²) in [6.45, 7) is 4.53. The molecule has 0 N–H and O–H groups in total. The molecule has 3 aromatic carbocycles. The second-order valence-corrected chi connectivity index (χ2v) is 10.4. The average Bonchev–Trinajstić information content (AvgIpc) is 2.93. The highest BCUT2D eigenvalue weighted by Gasteiger charge is 2.20. The molecule has 0 bridgehead atoms. The molecule has 3 aromatic rings. The van der Waals surface area contributed by atoms with Crippen LogP contribution in [0.4, 0.5) is 8.78 Å². The van der Waals surface area contributed by atoms with Gasteiger partial charge in [0.25, 0.3) is 0 Å². The third-order valence-electron chi connectivity index (χ3n) is 7.54. The molecule has 37 heavy (non-hydrogen) atoms. The molecule has 1 nitrogen and oxygen atoms in total. The molecule has 0 aliphatic heterocycles. The summed E-state index contributed by atoms with van der Waals surface area (Å²) >= 11 is 0. The highest BCUT2D eigenvalue weighted by Crippen LogP contribution is 2.36. The van der Waals surface area contributed by atoms with E-state index >= 15 is 0 Å². The van der Waals surface area contributed by atoms with E-state index in [1.165, 1.54) is 61.3 Å². The highest BCUT2D eigenvalue weighted by molar-refractivity contribution is 5.65. The van der Waals surface area contributed by atoms with Crippen LogP contribution in [0.3, 0.4) is 0 Å². The van der Waals surface area contributed by atoms with Crippen LogP contribution in [0.25, 0.3) is 11.1 Å². The van der Waals surface area contributed by atoms with Gasteiger partial charge in [0.1, 0.15) is 0 Å². The molecule has 0 atom stereocenters. The van der Waals surface area contributed by atoms with Gasteiger partial charge in [0.15, 0.2) is 11.6 Å². The number of aryl methyl sites for hydroxylation is 2. The summed E-state index contributed by atoms with van der Waals surface area (Å²) in [5.74, 6) is -0.412. The zero-order valence-electron chi connectivity index (χ0n) is 22.3. The molecule has 1 aliphatic rings. The minimum Gasteiger partial charge on any atom is -0.490 e. The predicted molar refractivity (Wildman–Crippen MR) is 150 cm³/mol.